The molecule has 0 aliphatic heterocycles. The minimum atomic E-state index is -0.165. The highest BCUT2D eigenvalue weighted by Gasteiger charge is 2.34. The molecule has 2 nitrogen and oxygen atoms in total. The average molecular weight is 291 g/mol. The number of nitrogens with one attached hydrogen (secondary N) is 1. The second kappa shape index (κ2) is 8.55. The summed E-state index contributed by atoms with van der Waals surface area (Å²) in [6.45, 7) is 14.9. The van der Waals surface area contributed by atoms with Crippen molar-refractivity contribution in [1.82, 2.24) is 5.32 Å². The largest absolute Gasteiger partial charge is 0.374 e. The van der Waals surface area contributed by atoms with Gasteiger partial charge in [-0.3, -0.25) is 0 Å². The molecule has 120 valence electrons. The van der Waals surface area contributed by atoms with Gasteiger partial charge < -0.3 is 10.1 Å². The predicted octanol–water partition coefficient (Wildman–Crippen LogP) is 4.74. The lowest BCUT2D eigenvalue weighted by Gasteiger charge is -2.38. The molecule has 0 amide bonds. The minimum absolute atomic E-state index is 0.165. The van der Waals surface area contributed by atoms with Crippen LogP contribution in [0.15, 0.2) is 24.3 Å². The van der Waals surface area contributed by atoms with Gasteiger partial charge in [-0.15, -0.1) is 0 Å². The predicted molar refractivity (Wildman–Crippen MR) is 91.7 cm³/mol. The Balaban J connectivity index is 3.09. The molecule has 1 aromatic carbocycles. The lowest BCUT2D eigenvalue weighted by Crippen LogP contribution is -2.43. The first kappa shape index (κ1) is 18.2. The van der Waals surface area contributed by atoms with Crippen LogP contribution < -0.4 is 5.32 Å². The zero-order valence-corrected chi connectivity index (χ0v) is 14.7. The fourth-order valence-electron chi connectivity index (χ4n) is 2.98. The first-order chi connectivity index (χ1) is 9.96. The van der Waals surface area contributed by atoms with E-state index in [9.17, 15) is 0 Å². The summed E-state index contributed by atoms with van der Waals surface area (Å²) in [7, 11) is 0. The Kier molecular flexibility index (Phi) is 7.41. The molecule has 21 heavy (non-hydrogen) atoms. The standard InChI is InChI=1S/C19H33NO/c1-7-19(6,21-9-3)18(20-8-2)17-12-10-11-16(14-17)13-15(4)5/h10-12,14-15,18,20H,7-9,13H2,1-6H3. The summed E-state index contributed by atoms with van der Waals surface area (Å²) in [6.07, 6.45) is 2.12. The molecule has 1 rings (SSSR count). The highest BCUT2D eigenvalue weighted by atomic mass is 16.5. The van der Waals surface area contributed by atoms with Crippen molar-refractivity contribution in [2.75, 3.05) is 13.2 Å². The van der Waals surface area contributed by atoms with Crippen LogP contribution in [0.3, 0.4) is 0 Å². The Morgan fingerprint density at radius 2 is 1.90 bits per heavy atom. The summed E-state index contributed by atoms with van der Waals surface area (Å²) < 4.78 is 6.11. The fourth-order valence-corrected chi connectivity index (χ4v) is 2.98. The second-order valence-electron chi connectivity index (χ2n) is 6.43. The molecule has 0 aromatic heterocycles. The van der Waals surface area contributed by atoms with Gasteiger partial charge in [0.1, 0.15) is 0 Å². The van der Waals surface area contributed by atoms with Crippen molar-refractivity contribution in [2.24, 2.45) is 5.92 Å². The van der Waals surface area contributed by atoms with Crippen LogP contribution in [0.5, 0.6) is 0 Å². The molecule has 2 heteroatoms. The molecule has 2 atom stereocenters. The third-order valence-electron chi connectivity index (χ3n) is 4.12. The summed E-state index contributed by atoms with van der Waals surface area (Å²) in [5.41, 5.74) is 2.59. The van der Waals surface area contributed by atoms with Crippen LogP contribution >= 0.6 is 0 Å². The van der Waals surface area contributed by atoms with Crippen molar-refractivity contribution in [3.05, 3.63) is 35.4 Å². The van der Waals surface area contributed by atoms with Crippen LogP contribution in [0.1, 0.15) is 65.1 Å². The van der Waals surface area contributed by atoms with E-state index in [0.717, 1.165) is 26.0 Å². The van der Waals surface area contributed by atoms with Gasteiger partial charge in [-0.25, -0.2) is 0 Å². The van der Waals surface area contributed by atoms with Crippen LogP contribution in [-0.4, -0.2) is 18.8 Å². The van der Waals surface area contributed by atoms with Gasteiger partial charge in [0.05, 0.1) is 11.6 Å². The molecule has 1 N–H and O–H groups in total. The van der Waals surface area contributed by atoms with E-state index in [2.05, 4.69) is 71.1 Å². The summed E-state index contributed by atoms with van der Waals surface area (Å²) in [4.78, 5) is 0. The van der Waals surface area contributed by atoms with Crippen LogP contribution in [0.4, 0.5) is 0 Å². The molecular formula is C19H33NO. The van der Waals surface area contributed by atoms with Crippen LogP contribution in [0.2, 0.25) is 0 Å². The topological polar surface area (TPSA) is 21.3 Å². The van der Waals surface area contributed by atoms with Gasteiger partial charge in [-0.2, -0.15) is 0 Å². The molecule has 0 aliphatic rings. The Morgan fingerprint density at radius 1 is 1.19 bits per heavy atom. The number of benzene rings is 1. The second-order valence-corrected chi connectivity index (χ2v) is 6.43. The summed E-state index contributed by atoms with van der Waals surface area (Å²) in [5.74, 6) is 0.683. The van der Waals surface area contributed by atoms with Gasteiger partial charge in [-0.1, -0.05) is 52.0 Å². The molecule has 0 spiro atoms. The monoisotopic (exact) mass is 291 g/mol. The van der Waals surface area contributed by atoms with Crippen LogP contribution in [-0.2, 0) is 11.2 Å². The van der Waals surface area contributed by atoms with E-state index in [1.165, 1.54) is 11.1 Å². The summed E-state index contributed by atoms with van der Waals surface area (Å²) in [6, 6.07) is 9.22. The van der Waals surface area contributed by atoms with E-state index < -0.39 is 0 Å². The third kappa shape index (κ3) is 5.12. The van der Waals surface area contributed by atoms with Crippen molar-refractivity contribution >= 4 is 0 Å². The van der Waals surface area contributed by atoms with Gasteiger partial charge in [0.15, 0.2) is 0 Å². The van der Waals surface area contributed by atoms with E-state index in [0.29, 0.717) is 5.92 Å². The van der Waals surface area contributed by atoms with E-state index in [4.69, 9.17) is 4.74 Å². The Hall–Kier alpha value is -0.860. The molecule has 1 aromatic rings. The van der Waals surface area contributed by atoms with E-state index in [1.807, 2.05) is 0 Å². The number of hydrogen-bond donors (Lipinski definition) is 1. The maximum absolute atomic E-state index is 6.11. The highest BCUT2D eigenvalue weighted by molar-refractivity contribution is 5.28. The van der Waals surface area contributed by atoms with Crippen LogP contribution in [0.25, 0.3) is 0 Å². The SMILES string of the molecule is CCNC(c1cccc(CC(C)C)c1)C(C)(CC)OCC. The van der Waals surface area contributed by atoms with Gasteiger partial charge >= 0.3 is 0 Å². The smallest absolute Gasteiger partial charge is 0.0845 e. The fraction of sp³-hybridized carbons (Fsp3) is 0.684. The highest BCUT2D eigenvalue weighted by Crippen LogP contribution is 2.32. The molecule has 0 radical (unpaired) electrons. The van der Waals surface area contributed by atoms with Crippen molar-refractivity contribution in [2.45, 2.75) is 66.0 Å². The maximum atomic E-state index is 6.11. The molecule has 2 unspecified atom stereocenters. The normalized spacial score (nSPS) is 16.0. The molecule has 0 aliphatic carbocycles. The quantitative estimate of drug-likeness (QED) is 0.709. The number of ether oxygens (including phenoxy) is 1. The van der Waals surface area contributed by atoms with Gasteiger partial charge in [0, 0.05) is 6.61 Å². The van der Waals surface area contributed by atoms with Crippen molar-refractivity contribution < 1.29 is 4.74 Å². The summed E-state index contributed by atoms with van der Waals surface area (Å²) in [5, 5.41) is 3.63. The average Bonchev–Trinajstić information content (AvgIpc) is 2.44. The number of hydrogen-bond acceptors (Lipinski definition) is 2. The molecule has 0 fully saturated rings. The van der Waals surface area contributed by atoms with Crippen LogP contribution in [0, 0.1) is 5.92 Å². The zero-order chi connectivity index (χ0) is 15.9. The van der Waals surface area contributed by atoms with E-state index in [-0.39, 0.29) is 11.6 Å². The Labute approximate surface area is 131 Å². The molecule has 0 bridgehead atoms. The first-order valence-corrected chi connectivity index (χ1v) is 8.43. The van der Waals surface area contributed by atoms with Crippen molar-refractivity contribution in [1.29, 1.82) is 0 Å². The molecular weight excluding hydrogens is 258 g/mol. The van der Waals surface area contributed by atoms with E-state index in [1.54, 1.807) is 0 Å². The maximum Gasteiger partial charge on any atom is 0.0845 e. The lowest BCUT2D eigenvalue weighted by atomic mass is 9.86. The molecule has 0 saturated carbocycles. The number of rotatable bonds is 9. The summed E-state index contributed by atoms with van der Waals surface area (Å²) >= 11 is 0. The number of likely N-dealkylation sites (N-methyl/N-ethyl adjacent to an activating group) is 1. The zero-order valence-electron chi connectivity index (χ0n) is 14.7. The first-order valence-electron chi connectivity index (χ1n) is 8.43. The van der Waals surface area contributed by atoms with Gasteiger partial charge in [0.2, 0.25) is 0 Å². The minimum Gasteiger partial charge on any atom is -0.374 e. The molecule has 0 saturated heterocycles. The van der Waals surface area contributed by atoms with Crippen molar-refractivity contribution in [3.63, 3.8) is 0 Å². The van der Waals surface area contributed by atoms with Crippen molar-refractivity contribution in [3.8, 4) is 0 Å². The molecule has 0 heterocycles. The lowest BCUT2D eigenvalue weighted by molar-refractivity contribution is -0.0560. The third-order valence-corrected chi connectivity index (χ3v) is 4.12. The van der Waals surface area contributed by atoms with E-state index >= 15 is 0 Å². The van der Waals surface area contributed by atoms with Gasteiger partial charge in [0.25, 0.3) is 0 Å². The van der Waals surface area contributed by atoms with Gasteiger partial charge in [-0.05, 0) is 50.3 Å². The Morgan fingerprint density at radius 3 is 2.43 bits per heavy atom. The Bertz CT molecular complexity index is 416.